The van der Waals surface area contributed by atoms with Gasteiger partial charge in [0.25, 0.3) is 0 Å². The van der Waals surface area contributed by atoms with E-state index in [1.807, 2.05) is 11.9 Å². The third-order valence-corrected chi connectivity index (χ3v) is 7.45. The van der Waals surface area contributed by atoms with Crippen molar-refractivity contribution in [2.45, 2.75) is 56.8 Å². The molecule has 1 aliphatic carbocycles. The van der Waals surface area contributed by atoms with Crippen molar-refractivity contribution in [1.29, 1.82) is 0 Å². The zero-order chi connectivity index (χ0) is 18.2. The van der Waals surface area contributed by atoms with E-state index < -0.39 is 0 Å². The van der Waals surface area contributed by atoms with Gasteiger partial charge in [-0.05, 0) is 67.8 Å². The summed E-state index contributed by atoms with van der Waals surface area (Å²) in [5, 5.41) is 13.7. The smallest absolute Gasteiger partial charge is 0.0477 e. The second-order valence-electron chi connectivity index (χ2n) is 8.57. The Bertz CT molecular complexity index is 518. The second-order valence-corrected chi connectivity index (χ2v) is 9.74. The molecule has 2 unspecified atom stereocenters. The molecule has 1 heterocycles. The average Bonchev–Trinajstić information content (AvgIpc) is 2.81. The Labute approximate surface area is 164 Å². The first-order valence-corrected chi connectivity index (χ1v) is 11.3. The molecule has 2 fully saturated rings. The molecule has 2 N–H and O–H groups in total. The van der Waals surface area contributed by atoms with Gasteiger partial charge < -0.3 is 10.4 Å². The van der Waals surface area contributed by atoms with Crippen LogP contribution in [0.5, 0.6) is 0 Å². The molecule has 1 aromatic rings. The lowest BCUT2D eigenvalue weighted by Gasteiger charge is -2.30. The van der Waals surface area contributed by atoms with Gasteiger partial charge in [-0.3, -0.25) is 0 Å². The highest BCUT2D eigenvalue weighted by Gasteiger charge is 2.42. The van der Waals surface area contributed by atoms with E-state index in [2.05, 4.69) is 46.9 Å². The molecule has 0 amide bonds. The predicted octanol–water partition coefficient (Wildman–Crippen LogP) is 4.57. The van der Waals surface area contributed by atoms with E-state index in [1.165, 1.54) is 50.0 Å². The normalized spacial score (nSPS) is 28.3. The highest BCUT2D eigenvalue weighted by atomic mass is 32.2. The molecular formula is C22H36N2OS. The first-order valence-electron chi connectivity index (χ1n) is 10.5. The van der Waals surface area contributed by atoms with Crippen molar-refractivity contribution in [3.05, 3.63) is 30.3 Å². The van der Waals surface area contributed by atoms with E-state index in [9.17, 15) is 5.11 Å². The van der Waals surface area contributed by atoms with Crippen LogP contribution in [0.1, 0.15) is 51.9 Å². The molecule has 3 nitrogen and oxygen atoms in total. The Morgan fingerprint density at radius 2 is 1.88 bits per heavy atom. The van der Waals surface area contributed by atoms with Gasteiger partial charge in [0, 0.05) is 30.5 Å². The Hall–Kier alpha value is -0.550. The number of aliphatic hydroxyl groups is 1. The maximum atomic E-state index is 9.92. The molecule has 0 bridgehead atoms. The van der Waals surface area contributed by atoms with Gasteiger partial charge in [0.05, 0.1) is 0 Å². The van der Waals surface area contributed by atoms with E-state index in [4.69, 9.17) is 0 Å². The third-order valence-electron chi connectivity index (χ3n) is 6.43. The van der Waals surface area contributed by atoms with Crippen LogP contribution >= 0.6 is 11.9 Å². The monoisotopic (exact) mass is 376 g/mol. The van der Waals surface area contributed by atoms with Gasteiger partial charge in [0.1, 0.15) is 0 Å². The number of aliphatic hydroxyl groups excluding tert-OH is 1. The number of nitrogens with one attached hydrogen (secondary N) is 1. The molecule has 2 atom stereocenters. The standard InChI is InChI=1S/C22H36N2OS/c1-22(13-14-23-15-19-9-5-2-3-6-10-19)18-24(16-20(22)17-25)26-21-11-7-4-8-12-21/h4,7-8,11-12,19-20,23,25H,2-3,5-6,9-10,13-18H2,1H3. The molecule has 3 rings (SSSR count). The van der Waals surface area contributed by atoms with E-state index in [1.54, 1.807) is 0 Å². The van der Waals surface area contributed by atoms with Gasteiger partial charge in [-0.2, -0.15) is 0 Å². The van der Waals surface area contributed by atoms with E-state index in [0.717, 1.165) is 32.0 Å². The van der Waals surface area contributed by atoms with Crippen molar-refractivity contribution in [2.75, 3.05) is 32.8 Å². The van der Waals surface area contributed by atoms with Crippen molar-refractivity contribution in [1.82, 2.24) is 9.62 Å². The number of nitrogens with zero attached hydrogens (tertiary/aromatic N) is 1. The highest BCUT2D eigenvalue weighted by molar-refractivity contribution is 7.97. The molecule has 26 heavy (non-hydrogen) atoms. The Morgan fingerprint density at radius 1 is 1.15 bits per heavy atom. The lowest BCUT2D eigenvalue weighted by Crippen LogP contribution is -2.34. The van der Waals surface area contributed by atoms with Gasteiger partial charge >= 0.3 is 0 Å². The first-order chi connectivity index (χ1) is 12.7. The number of benzene rings is 1. The zero-order valence-electron chi connectivity index (χ0n) is 16.3. The molecule has 0 aromatic heterocycles. The van der Waals surface area contributed by atoms with Crippen LogP contribution in [0.25, 0.3) is 0 Å². The van der Waals surface area contributed by atoms with Gasteiger partial charge in [0.2, 0.25) is 0 Å². The van der Waals surface area contributed by atoms with E-state index >= 15 is 0 Å². The molecule has 1 aliphatic heterocycles. The van der Waals surface area contributed by atoms with Gasteiger partial charge in [-0.25, -0.2) is 4.31 Å². The Kier molecular flexibility index (Phi) is 7.86. The lowest BCUT2D eigenvalue weighted by molar-refractivity contribution is 0.138. The van der Waals surface area contributed by atoms with Crippen LogP contribution in [0.2, 0.25) is 0 Å². The SMILES string of the molecule is CC1(CCNCC2CCCCCC2)CN(Sc2ccccc2)CC1CO. The molecule has 146 valence electrons. The summed E-state index contributed by atoms with van der Waals surface area (Å²) in [4.78, 5) is 1.29. The van der Waals surface area contributed by atoms with Crippen LogP contribution < -0.4 is 5.32 Å². The fraction of sp³-hybridized carbons (Fsp3) is 0.727. The summed E-state index contributed by atoms with van der Waals surface area (Å²) in [6.07, 6.45) is 9.67. The van der Waals surface area contributed by atoms with Crippen molar-refractivity contribution in [2.24, 2.45) is 17.3 Å². The fourth-order valence-corrected chi connectivity index (χ4v) is 5.76. The van der Waals surface area contributed by atoms with Gasteiger partial charge in [-0.1, -0.05) is 50.8 Å². The van der Waals surface area contributed by atoms with Crippen molar-refractivity contribution < 1.29 is 5.11 Å². The quantitative estimate of drug-likeness (QED) is 0.396. The molecule has 0 radical (unpaired) electrons. The third kappa shape index (κ3) is 5.72. The molecule has 2 aliphatic rings. The summed E-state index contributed by atoms with van der Waals surface area (Å²) in [6, 6.07) is 10.6. The van der Waals surface area contributed by atoms with Crippen molar-refractivity contribution in [3.63, 3.8) is 0 Å². The number of rotatable bonds is 8. The zero-order valence-corrected chi connectivity index (χ0v) is 17.1. The number of hydrogen-bond donors (Lipinski definition) is 2. The van der Waals surface area contributed by atoms with Crippen LogP contribution in [0, 0.1) is 17.3 Å². The Balaban J connectivity index is 1.44. The molecule has 1 saturated carbocycles. The van der Waals surface area contributed by atoms with Crippen LogP contribution in [-0.2, 0) is 0 Å². The van der Waals surface area contributed by atoms with E-state index in [-0.39, 0.29) is 5.41 Å². The van der Waals surface area contributed by atoms with Crippen molar-refractivity contribution >= 4 is 11.9 Å². The largest absolute Gasteiger partial charge is 0.396 e. The average molecular weight is 377 g/mol. The van der Waals surface area contributed by atoms with Crippen LogP contribution in [0.4, 0.5) is 0 Å². The minimum Gasteiger partial charge on any atom is -0.396 e. The molecule has 1 saturated heterocycles. The highest BCUT2D eigenvalue weighted by Crippen LogP contribution is 2.42. The maximum Gasteiger partial charge on any atom is 0.0477 e. The van der Waals surface area contributed by atoms with Gasteiger partial charge in [-0.15, -0.1) is 0 Å². The summed E-state index contributed by atoms with van der Waals surface area (Å²) in [5.41, 5.74) is 0.201. The summed E-state index contributed by atoms with van der Waals surface area (Å²) >= 11 is 1.84. The minimum atomic E-state index is 0.201. The lowest BCUT2D eigenvalue weighted by atomic mass is 9.77. The topological polar surface area (TPSA) is 35.5 Å². The van der Waals surface area contributed by atoms with Crippen molar-refractivity contribution in [3.8, 4) is 0 Å². The number of hydrogen-bond acceptors (Lipinski definition) is 4. The second kappa shape index (κ2) is 10.1. The predicted molar refractivity (Wildman–Crippen MR) is 111 cm³/mol. The molecule has 0 spiro atoms. The maximum absolute atomic E-state index is 9.92. The summed E-state index contributed by atoms with van der Waals surface area (Å²) in [5.74, 6) is 1.26. The molecular weight excluding hydrogens is 340 g/mol. The van der Waals surface area contributed by atoms with Crippen LogP contribution in [0.15, 0.2) is 35.2 Å². The Morgan fingerprint density at radius 3 is 2.58 bits per heavy atom. The summed E-state index contributed by atoms with van der Waals surface area (Å²) in [7, 11) is 0. The van der Waals surface area contributed by atoms with Gasteiger partial charge in [0.15, 0.2) is 0 Å². The van der Waals surface area contributed by atoms with Crippen LogP contribution in [0.3, 0.4) is 0 Å². The minimum absolute atomic E-state index is 0.201. The van der Waals surface area contributed by atoms with Crippen LogP contribution in [-0.4, -0.2) is 42.2 Å². The van der Waals surface area contributed by atoms with E-state index in [0.29, 0.717) is 12.5 Å². The molecule has 4 heteroatoms. The fourth-order valence-electron chi connectivity index (χ4n) is 4.57. The summed E-state index contributed by atoms with van der Waals surface area (Å²) in [6.45, 7) is 6.96. The summed E-state index contributed by atoms with van der Waals surface area (Å²) < 4.78 is 2.45. The first kappa shape index (κ1) is 20.2. The molecule has 1 aromatic carbocycles.